The van der Waals surface area contributed by atoms with Crippen LogP contribution < -0.4 is 0 Å². The molecule has 0 heterocycles. The molecule has 0 aromatic carbocycles. The maximum atomic E-state index is 3.88. The van der Waals surface area contributed by atoms with Crippen LogP contribution in [0.5, 0.6) is 0 Å². The van der Waals surface area contributed by atoms with Crippen molar-refractivity contribution in [1.29, 1.82) is 0 Å². The van der Waals surface area contributed by atoms with Crippen LogP contribution >= 0.6 is 0 Å². The van der Waals surface area contributed by atoms with Crippen LogP contribution in [0.4, 0.5) is 0 Å². The molecular weight excluding hydrogens is 96.1 g/mol. The van der Waals surface area contributed by atoms with Crippen LogP contribution in [0.15, 0.2) is 0 Å². The number of rotatable bonds is 3. The number of hydrogen-bond donors (Lipinski definition) is 0. The van der Waals surface area contributed by atoms with E-state index < -0.39 is 0 Å². The minimum Gasteiger partial charge on any atom is -0.0651 e. The Hall–Kier alpha value is 0. The van der Waals surface area contributed by atoms with Gasteiger partial charge < -0.3 is 0 Å². The molecule has 0 amide bonds. The molecule has 1 atom stereocenters. The predicted molar refractivity (Wildman–Crippen MR) is 38.6 cm³/mol. The Labute approximate surface area is 53.3 Å². The van der Waals surface area contributed by atoms with Gasteiger partial charge in [0.25, 0.3) is 0 Å². The summed E-state index contributed by atoms with van der Waals surface area (Å²) >= 11 is 0. The smallest absolute Gasteiger partial charge is 0.0394 e. The van der Waals surface area contributed by atoms with Crippen molar-refractivity contribution in [3.05, 3.63) is 6.92 Å². The molecule has 0 aromatic rings. The van der Waals surface area contributed by atoms with Gasteiger partial charge in [0.05, 0.1) is 0 Å². The minimum atomic E-state index is 0.817. The van der Waals surface area contributed by atoms with Crippen molar-refractivity contribution in [2.24, 2.45) is 11.8 Å². The molecule has 1 unspecified atom stereocenters. The second-order valence-electron chi connectivity index (χ2n) is 2.70. The highest BCUT2D eigenvalue weighted by atomic mass is 14.1. The lowest BCUT2D eigenvalue weighted by atomic mass is 9.91. The van der Waals surface area contributed by atoms with Gasteiger partial charge >= 0.3 is 0 Å². The Morgan fingerprint density at radius 1 is 1.38 bits per heavy atom. The molecule has 0 spiro atoms. The zero-order chi connectivity index (χ0) is 6.57. The largest absolute Gasteiger partial charge is 0.0651 e. The molecule has 0 saturated heterocycles. The van der Waals surface area contributed by atoms with Crippen LogP contribution in [0, 0.1) is 18.8 Å². The maximum absolute atomic E-state index is 3.88. The fourth-order valence-electron chi connectivity index (χ4n) is 1.01. The molecule has 8 heavy (non-hydrogen) atoms. The molecule has 0 heteroatoms. The van der Waals surface area contributed by atoms with Crippen LogP contribution in [0.25, 0.3) is 0 Å². The van der Waals surface area contributed by atoms with Crippen molar-refractivity contribution in [1.82, 2.24) is 0 Å². The Balaban J connectivity index is 3.35. The van der Waals surface area contributed by atoms with E-state index in [0.29, 0.717) is 0 Å². The molecule has 0 saturated carbocycles. The van der Waals surface area contributed by atoms with E-state index in [1.165, 1.54) is 6.42 Å². The van der Waals surface area contributed by atoms with Crippen molar-refractivity contribution in [2.75, 3.05) is 0 Å². The van der Waals surface area contributed by atoms with E-state index in [1.807, 2.05) is 0 Å². The van der Waals surface area contributed by atoms with Gasteiger partial charge in [-0.2, -0.15) is 0 Å². The molecule has 0 rings (SSSR count). The van der Waals surface area contributed by atoms with Gasteiger partial charge in [0.15, 0.2) is 0 Å². The zero-order valence-corrected chi connectivity index (χ0v) is 6.28. The lowest BCUT2D eigenvalue weighted by Crippen LogP contribution is -2.04. The summed E-state index contributed by atoms with van der Waals surface area (Å²) < 4.78 is 0. The van der Waals surface area contributed by atoms with E-state index in [0.717, 1.165) is 18.3 Å². The SMILES string of the molecule is [CH2]CC(CC)C(C)C. The Bertz CT molecular complexity index is 42.0. The van der Waals surface area contributed by atoms with E-state index in [1.54, 1.807) is 0 Å². The fourth-order valence-corrected chi connectivity index (χ4v) is 1.01. The molecule has 0 N–H and O–H groups in total. The van der Waals surface area contributed by atoms with Gasteiger partial charge in [-0.3, -0.25) is 0 Å². The van der Waals surface area contributed by atoms with Gasteiger partial charge in [-0.25, -0.2) is 0 Å². The summed E-state index contributed by atoms with van der Waals surface area (Å²) in [7, 11) is 0. The molecule has 0 nitrogen and oxygen atoms in total. The first-order valence-corrected chi connectivity index (χ1v) is 3.51. The summed E-state index contributed by atoms with van der Waals surface area (Å²) in [5.41, 5.74) is 0. The molecule has 0 fully saturated rings. The summed E-state index contributed by atoms with van der Waals surface area (Å²) in [6.45, 7) is 10.6. The molecule has 1 radical (unpaired) electrons. The molecule has 0 bridgehead atoms. The maximum Gasteiger partial charge on any atom is -0.0394 e. The quantitative estimate of drug-likeness (QED) is 0.528. The first kappa shape index (κ1) is 8.00. The summed E-state index contributed by atoms with van der Waals surface area (Å²) in [4.78, 5) is 0. The highest BCUT2D eigenvalue weighted by molar-refractivity contribution is 4.61. The number of hydrogen-bond acceptors (Lipinski definition) is 0. The van der Waals surface area contributed by atoms with Gasteiger partial charge in [-0.05, 0) is 11.8 Å². The Morgan fingerprint density at radius 3 is 1.88 bits per heavy atom. The van der Waals surface area contributed by atoms with Gasteiger partial charge in [0, 0.05) is 0 Å². The summed E-state index contributed by atoms with van der Waals surface area (Å²) in [6.07, 6.45) is 2.37. The highest BCUT2D eigenvalue weighted by Gasteiger charge is 2.06. The third-order valence-electron chi connectivity index (χ3n) is 1.84. The van der Waals surface area contributed by atoms with E-state index in [-0.39, 0.29) is 0 Å². The Kier molecular flexibility index (Phi) is 3.94. The van der Waals surface area contributed by atoms with Crippen molar-refractivity contribution in [3.8, 4) is 0 Å². The lowest BCUT2D eigenvalue weighted by molar-refractivity contribution is 0.376. The minimum absolute atomic E-state index is 0.817. The molecule has 49 valence electrons. The van der Waals surface area contributed by atoms with E-state index in [2.05, 4.69) is 27.7 Å². The molecule has 0 aromatic heterocycles. The average molecular weight is 113 g/mol. The van der Waals surface area contributed by atoms with Gasteiger partial charge in [0.1, 0.15) is 0 Å². The average Bonchev–Trinajstić information content (AvgIpc) is 1.69. The van der Waals surface area contributed by atoms with Crippen molar-refractivity contribution in [2.45, 2.75) is 33.6 Å². The Morgan fingerprint density at radius 2 is 1.88 bits per heavy atom. The second-order valence-corrected chi connectivity index (χ2v) is 2.70. The van der Waals surface area contributed by atoms with Crippen LogP contribution in [-0.4, -0.2) is 0 Å². The van der Waals surface area contributed by atoms with Gasteiger partial charge in [0.2, 0.25) is 0 Å². The summed E-state index contributed by atoms with van der Waals surface area (Å²) in [5, 5.41) is 0. The monoisotopic (exact) mass is 113 g/mol. The van der Waals surface area contributed by atoms with Crippen LogP contribution in [-0.2, 0) is 0 Å². The predicted octanol–water partition coefficient (Wildman–Crippen LogP) is 2.89. The molecular formula is C8H17. The van der Waals surface area contributed by atoms with E-state index in [4.69, 9.17) is 0 Å². The van der Waals surface area contributed by atoms with Crippen LogP contribution in [0.2, 0.25) is 0 Å². The highest BCUT2D eigenvalue weighted by Crippen LogP contribution is 2.17. The van der Waals surface area contributed by atoms with Gasteiger partial charge in [-0.15, -0.1) is 0 Å². The first-order chi connectivity index (χ1) is 3.72. The van der Waals surface area contributed by atoms with E-state index >= 15 is 0 Å². The standard InChI is InChI=1S/C8H17/c1-5-8(6-2)7(3)4/h7-8H,1,5-6H2,2-4H3. The van der Waals surface area contributed by atoms with Gasteiger partial charge in [-0.1, -0.05) is 40.5 Å². The van der Waals surface area contributed by atoms with Crippen molar-refractivity contribution < 1.29 is 0 Å². The molecule has 0 aliphatic rings. The zero-order valence-electron chi connectivity index (χ0n) is 6.28. The van der Waals surface area contributed by atoms with Crippen LogP contribution in [0.3, 0.4) is 0 Å². The topological polar surface area (TPSA) is 0 Å². The fraction of sp³-hybridized carbons (Fsp3) is 0.875. The first-order valence-electron chi connectivity index (χ1n) is 3.51. The summed E-state index contributed by atoms with van der Waals surface area (Å²) in [5.74, 6) is 1.66. The lowest BCUT2D eigenvalue weighted by Gasteiger charge is -2.15. The third kappa shape index (κ3) is 2.34. The van der Waals surface area contributed by atoms with E-state index in [9.17, 15) is 0 Å². The molecule has 0 aliphatic carbocycles. The van der Waals surface area contributed by atoms with Crippen molar-refractivity contribution in [3.63, 3.8) is 0 Å². The van der Waals surface area contributed by atoms with Crippen LogP contribution in [0.1, 0.15) is 33.6 Å². The molecule has 0 aliphatic heterocycles. The second kappa shape index (κ2) is 3.94. The normalized spacial score (nSPS) is 11.2. The third-order valence-corrected chi connectivity index (χ3v) is 1.84. The van der Waals surface area contributed by atoms with Crippen molar-refractivity contribution >= 4 is 0 Å². The summed E-state index contributed by atoms with van der Waals surface area (Å²) in [6, 6.07) is 0.